The average molecular weight is 375 g/mol. The first-order chi connectivity index (χ1) is 13.0. The third kappa shape index (κ3) is 3.30. The Kier molecular flexibility index (Phi) is 4.62. The number of hydrogen-bond donors (Lipinski definition) is 0. The van der Waals surface area contributed by atoms with Crippen LogP contribution in [0, 0.1) is 6.92 Å². The predicted molar refractivity (Wildman–Crippen MR) is 110 cm³/mol. The van der Waals surface area contributed by atoms with Crippen molar-refractivity contribution in [2.24, 2.45) is 0 Å². The maximum absolute atomic E-state index is 12.3. The van der Waals surface area contributed by atoms with Gasteiger partial charge in [-0.25, -0.2) is 4.98 Å². The van der Waals surface area contributed by atoms with Crippen LogP contribution in [0.2, 0.25) is 0 Å². The molecule has 3 heterocycles. The number of pyridine rings is 2. The molecule has 1 atom stereocenters. The lowest BCUT2D eigenvalue weighted by Crippen LogP contribution is -2.05. The molecule has 4 nitrogen and oxygen atoms in total. The lowest BCUT2D eigenvalue weighted by molar-refractivity contribution is 0.677. The van der Waals surface area contributed by atoms with Crippen LogP contribution in [-0.2, 0) is 10.8 Å². The van der Waals surface area contributed by atoms with Gasteiger partial charge in [0.15, 0.2) is 0 Å². The van der Waals surface area contributed by atoms with Gasteiger partial charge in [-0.2, -0.15) is 0 Å². The molecule has 0 aliphatic rings. The van der Waals surface area contributed by atoms with Crippen LogP contribution in [0.25, 0.3) is 28.0 Å². The normalized spacial score (nSPS) is 12.6. The minimum atomic E-state index is -0.979. The number of rotatable bonds is 4. The lowest BCUT2D eigenvalue weighted by Gasteiger charge is -2.09. The van der Waals surface area contributed by atoms with Crippen molar-refractivity contribution in [2.75, 3.05) is 0 Å². The fourth-order valence-corrected chi connectivity index (χ4v) is 4.14. The molecule has 0 bridgehead atoms. The molecule has 0 aliphatic carbocycles. The minimum Gasteiger partial charge on any atom is -0.299 e. The number of aryl methyl sites for hydroxylation is 1. The summed E-state index contributed by atoms with van der Waals surface area (Å²) in [5, 5.41) is 0.108. The Morgan fingerprint density at radius 1 is 1.00 bits per heavy atom. The van der Waals surface area contributed by atoms with E-state index in [9.17, 15) is 4.21 Å². The van der Waals surface area contributed by atoms with Crippen LogP contribution in [0.15, 0.2) is 72.1 Å². The standard InChI is InChI=1S/C22H21N3OS/c1-15(2)27(26)20-8-6-17(7-9-20)21-13-24-22-16(3)11-19(14-25(21)22)18-5-4-10-23-12-18/h4-15H,1-3H3. The van der Waals surface area contributed by atoms with E-state index in [-0.39, 0.29) is 5.25 Å². The van der Waals surface area contributed by atoms with Crippen molar-refractivity contribution in [3.8, 4) is 22.4 Å². The van der Waals surface area contributed by atoms with E-state index in [2.05, 4.69) is 39.6 Å². The van der Waals surface area contributed by atoms with Crippen molar-refractivity contribution < 1.29 is 4.21 Å². The molecule has 0 N–H and O–H groups in total. The summed E-state index contributed by atoms with van der Waals surface area (Å²) in [4.78, 5) is 9.68. The highest BCUT2D eigenvalue weighted by molar-refractivity contribution is 7.85. The average Bonchev–Trinajstić information content (AvgIpc) is 3.13. The molecule has 3 aromatic heterocycles. The number of hydrogen-bond acceptors (Lipinski definition) is 3. The third-order valence-corrected chi connectivity index (χ3v) is 6.19. The number of benzene rings is 1. The highest BCUT2D eigenvalue weighted by Gasteiger charge is 2.12. The van der Waals surface area contributed by atoms with Crippen LogP contribution in [0.5, 0.6) is 0 Å². The third-order valence-electron chi connectivity index (χ3n) is 4.60. The van der Waals surface area contributed by atoms with Gasteiger partial charge in [0.25, 0.3) is 0 Å². The lowest BCUT2D eigenvalue weighted by atomic mass is 10.1. The van der Waals surface area contributed by atoms with Crippen LogP contribution in [0.1, 0.15) is 19.4 Å². The SMILES string of the molecule is Cc1cc(-c2cccnc2)cn2c(-c3ccc(S(=O)C(C)C)cc3)cnc12. The molecule has 4 rings (SSSR count). The Morgan fingerprint density at radius 3 is 2.44 bits per heavy atom. The van der Waals surface area contributed by atoms with Crippen molar-refractivity contribution >= 4 is 16.4 Å². The Labute approximate surface area is 161 Å². The van der Waals surface area contributed by atoms with Crippen LogP contribution in [0.4, 0.5) is 0 Å². The van der Waals surface area contributed by atoms with Gasteiger partial charge >= 0.3 is 0 Å². The maximum atomic E-state index is 12.3. The molecular weight excluding hydrogens is 354 g/mol. The van der Waals surface area contributed by atoms with Crippen molar-refractivity contribution in [2.45, 2.75) is 30.9 Å². The highest BCUT2D eigenvalue weighted by Crippen LogP contribution is 2.27. The molecule has 1 aromatic carbocycles. The van der Waals surface area contributed by atoms with E-state index in [0.717, 1.165) is 38.5 Å². The molecule has 0 amide bonds. The van der Waals surface area contributed by atoms with Crippen molar-refractivity contribution in [3.63, 3.8) is 0 Å². The quantitative estimate of drug-likeness (QED) is 0.510. The van der Waals surface area contributed by atoms with Crippen LogP contribution >= 0.6 is 0 Å². The molecule has 5 heteroatoms. The Morgan fingerprint density at radius 2 is 1.78 bits per heavy atom. The summed E-state index contributed by atoms with van der Waals surface area (Å²) in [7, 11) is -0.979. The second-order valence-corrected chi connectivity index (χ2v) is 8.87. The van der Waals surface area contributed by atoms with E-state index in [0.29, 0.717) is 0 Å². The first kappa shape index (κ1) is 17.6. The first-order valence-corrected chi connectivity index (χ1v) is 10.1. The molecule has 0 saturated heterocycles. The van der Waals surface area contributed by atoms with Gasteiger partial charge in [0.2, 0.25) is 0 Å². The van der Waals surface area contributed by atoms with Crippen molar-refractivity contribution in [1.29, 1.82) is 0 Å². The minimum absolute atomic E-state index is 0.108. The van der Waals surface area contributed by atoms with E-state index in [1.165, 1.54) is 0 Å². The number of nitrogens with zero attached hydrogens (tertiary/aromatic N) is 3. The molecule has 27 heavy (non-hydrogen) atoms. The van der Waals surface area contributed by atoms with Gasteiger partial charge in [0.1, 0.15) is 5.65 Å². The summed E-state index contributed by atoms with van der Waals surface area (Å²) in [6, 6.07) is 14.1. The molecule has 4 aromatic rings. The van der Waals surface area contributed by atoms with Gasteiger partial charge in [-0.15, -0.1) is 0 Å². The zero-order valence-corrected chi connectivity index (χ0v) is 16.4. The number of aromatic nitrogens is 3. The topological polar surface area (TPSA) is 47.3 Å². The zero-order chi connectivity index (χ0) is 19.0. The summed E-state index contributed by atoms with van der Waals surface area (Å²) in [6.45, 7) is 6.01. The molecule has 0 saturated carbocycles. The number of imidazole rings is 1. The summed E-state index contributed by atoms with van der Waals surface area (Å²) in [5.41, 5.74) is 6.29. The molecule has 0 fully saturated rings. The van der Waals surface area contributed by atoms with Gasteiger partial charge in [0.05, 0.1) is 22.7 Å². The van der Waals surface area contributed by atoms with Crippen LogP contribution < -0.4 is 0 Å². The fourth-order valence-electron chi connectivity index (χ4n) is 3.19. The van der Waals surface area contributed by atoms with Crippen LogP contribution in [-0.4, -0.2) is 23.8 Å². The fraction of sp³-hybridized carbons (Fsp3) is 0.182. The highest BCUT2D eigenvalue weighted by atomic mass is 32.2. The van der Waals surface area contributed by atoms with E-state index in [4.69, 9.17) is 0 Å². The monoisotopic (exact) mass is 375 g/mol. The molecule has 1 unspecified atom stereocenters. The van der Waals surface area contributed by atoms with E-state index >= 15 is 0 Å². The number of fused-ring (bicyclic) bond motifs is 1. The zero-order valence-electron chi connectivity index (χ0n) is 15.6. The summed E-state index contributed by atoms with van der Waals surface area (Å²) in [6.07, 6.45) is 7.64. The van der Waals surface area contributed by atoms with E-state index in [1.54, 1.807) is 6.20 Å². The molecule has 136 valence electrons. The molecular formula is C22H21N3OS. The first-order valence-electron chi connectivity index (χ1n) is 8.93. The summed E-state index contributed by atoms with van der Waals surface area (Å²) >= 11 is 0. The van der Waals surface area contributed by atoms with E-state index in [1.807, 2.05) is 56.6 Å². The van der Waals surface area contributed by atoms with Crippen LogP contribution in [0.3, 0.4) is 0 Å². The van der Waals surface area contributed by atoms with Gasteiger partial charge in [-0.05, 0) is 36.8 Å². The maximum Gasteiger partial charge on any atom is 0.140 e. The second-order valence-electron chi connectivity index (χ2n) is 6.86. The molecule has 0 aliphatic heterocycles. The molecule has 0 spiro atoms. The van der Waals surface area contributed by atoms with Gasteiger partial charge in [-0.1, -0.05) is 32.0 Å². The smallest absolute Gasteiger partial charge is 0.140 e. The van der Waals surface area contributed by atoms with Crippen molar-refractivity contribution in [3.05, 3.63) is 72.8 Å². The van der Waals surface area contributed by atoms with Gasteiger partial charge in [0, 0.05) is 45.4 Å². The largest absolute Gasteiger partial charge is 0.299 e. The van der Waals surface area contributed by atoms with Gasteiger partial charge < -0.3 is 0 Å². The second kappa shape index (κ2) is 7.08. The Bertz CT molecular complexity index is 1120. The summed E-state index contributed by atoms with van der Waals surface area (Å²) in [5.74, 6) is 0. The van der Waals surface area contributed by atoms with Crippen molar-refractivity contribution in [1.82, 2.24) is 14.4 Å². The Hall–Kier alpha value is -2.79. The predicted octanol–water partition coefficient (Wildman–Crippen LogP) is 4.89. The summed E-state index contributed by atoms with van der Waals surface area (Å²) < 4.78 is 14.4. The molecule has 0 radical (unpaired) electrons. The van der Waals surface area contributed by atoms with Gasteiger partial charge in [-0.3, -0.25) is 13.6 Å². The van der Waals surface area contributed by atoms with E-state index < -0.39 is 10.8 Å². The Balaban J connectivity index is 1.81.